The summed E-state index contributed by atoms with van der Waals surface area (Å²) in [7, 11) is -2.32. The van der Waals surface area contributed by atoms with Gasteiger partial charge in [0.2, 0.25) is 21.8 Å². The Labute approximate surface area is 161 Å². The van der Waals surface area contributed by atoms with Crippen LogP contribution >= 0.6 is 11.6 Å². The summed E-state index contributed by atoms with van der Waals surface area (Å²) in [4.78, 5) is 25.1. The summed E-state index contributed by atoms with van der Waals surface area (Å²) in [6, 6.07) is 7.34. The van der Waals surface area contributed by atoms with Gasteiger partial charge < -0.3 is 14.7 Å². The molecule has 2 aromatic rings. The van der Waals surface area contributed by atoms with E-state index in [1.807, 2.05) is 0 Å². The van der Waals surface area contributed by atoms with Crippen molar-refractivity contribution in [2.75, 3.05) is 25.5 Å². The Bertz CT molecular complexity index is 928. The molecule has 1 aromatic heterocycles. The van der Waals surface area contributed by atoms with Crippen LogP contribution in [-0.4, -0.2) is 50.4 Å². The highest BCUT2D eigenvalue weighted by molar-refractivity contribution is 7.89. The molecule has 0 unspecified atom stereocenters. The molecule has 0 saturated heterocycles. The fourth-order valence-electron chi connectivity index (χ4n) is 2.11. The fraction of sp³-hybridized carbons (Fsp3) is 0.312. The Morgan fingerprint density at radius 2 is 2.04 bits per heavy atom. The number of benzene rings is 1. The number of aryl methyl sites for hydroxylation is 1. The topological polar surface area (TPSA) is 122 Å². The summed E-state index contributed by atoms with van der Waals surface area (Å²) in [5.41, 5.74) is 0. The molecule has 0 aliphatic carbocycles. The van der Waals surface area contributed by atoms with Gasteiger partial charge in [0, 0.05) is 31.1 Å². The van der Waals surface area contributed by atoms with Crippen LogP contribution in [0.15, 0.2) is 39.8 Å². The third kappa shape index (κ3) is 6.35. The summed E-state index contributed by atoms with van der Waals surface area (Å²) in [5, 5.41) is 6.41. The standard InChI is InChI=1S/C16H19ClN4O5S/c1-11-8-14(20-26-11)19-15(22)10-21(2)16(23)6-7-18-27(24,25)13-5-3-4-12(17)9-13/h3-5,8-9,18H,6-7,10H2,1-2H3,(H,19,20,22). The third-order valence-electron chi connectivity index (χ3n) is 3.44. The molecule has 0 atom stereocenters. The lowest BCUT2D eigenvalue weighted by Gasteiger charge is -2.16. The highest BCUT2D eigenvalue weighted by Crippen LogP contribution is 2.15. The second-order valence-corrected chi connectivity index (χ2v) is 7.93. The van der Waals surface area contributed by atoms with Crippen LogP contribution < -0.4 is 10.0 Å². The largest absolute Gasteiger partial charge is 0.360 e. The smallest absolute Gasteiger partial charge is 0.245 e. The molecule has 0 bridgehead atoms. The van der Waals surface area contributed by atoms with E-state index in [2.05, 4.69) is 15.2 Å². The van der Waals surface area contributed by atoms with Crippen molar-refractivity contribution in [2.24, 2.45) is 0 Å². The molecule has 27 heavy (non-hydrogen) atoms. The lowest BCUT2D eigenvalue weighted by molar-refractivity contribution is -0.133. The number of likely N-dealkylation sites (N-methyl/N-ethyl adjacent to an activating group) is 1. The maximum atomic E-state index is 12.1. The van der Waals surface area contributed by atoms with Crippen molar-refractivity contribution in [3.63, 3.8) is 0 Å². The van der Waals surface area contributed by atoms with E-state index < -0.39 is 21.8 Å². The number of aromatic nitrogens is 1. The van der Waals surface area contributed by atoms with Crippen molar-refractivity contribution in [1.82, 2.24) is 14.8 Å². The number of nitrogens with zero attached hydrogens (tertiary/aromatic N) is 2. The fourth-order valence-corrected chi connectivity index (χ4v) is 3.44. The Hall–Kier alpha value is -2.43. The molecule has 1 aromatic carbocycles. The van der Waals surface area contributed by atoms with E-state index in [1.54, 1.807) is 19.1 Å². The van der Waals surface area contributed by atoms with Crippen LogP contribution in [0.1, 0.15) is 12.2 Å². The number of carbonyl (C=O) groups excluding carboxylic acids is 2. The van der Waals surface area contributed by atoms with Gasteiger partial charge in [0.25, 0.3) is 0 Å². The predicted octanol–water partition coefficient (Wildman–Crippen LogP) is 1.40. The summed E-state index contributed by atoms with van der Waals surface area (Å²) in [6.07, 6.45) is -0.105. The van der Waals surface area contributed by atoms with Gasteiger partial charge in [-0.1, -0.05) is 22.8 Å². The van der Waals surface area contributed by atoms with Gasteiger partial charge in [-0.15, -0.1) is 0 Å². The molecule has 0 radical (unpaired) electrons. The number of anilines is 1. The van der Waals surface area contributed by atoms with Crippen molar-refractivity contribution < 1.29 is 22.5 Å². The highest BCUT2D eigenvalue weighted by Gasteiger charge is 2.17. The predicted molar refractivity (Wildman–Crippen MR) is 98.8 cm³/mol. The molecule has 1 heterocycles. The molecule has 2 N–H and O–H groups in total. The number of halogens is 1. The molecule has 0 aliphatic rings. The van der Waals surface area contributed by atoms with E-state index in [0.29, 0.717) is 10.8 Å². The van der Waals surface area contributed by atoms with Gasteiger partial charge in [-0.3, -0.25) is 9.59 Å². The first-order valence-electron chi connectivity index (χ1n) is 7.90. The van der Waals surface area contributed by atoms with Crippen molar-refractivity contribution in [3.05, 3.63) is 41.1 Å². The molecular formula is C16H19ClN4O5S. The van der Waals surface area contributed by atoms with Crippen LogP contribution in [0.3, 0.4) is 0 Å². The molecule has 11 heteroatoms. The van der Waals surface area contributed by atoms with Gasteiger partial charge in [-0.25, -0.2) is 13.1 Å². The Balaban J connectivity index is 1.79. The SMILES string of the molecule is Cc1cc(NC(=O)CN(C)C(=O)CCNS(=O)(=O)c2cccc(Cl)c2)no1. The van der Waals surface area contributed by atoms with E-state index >= 15 is 0 Å². The zero-order valence-electron chi connectivity index (χ0n) is 14.7. The van der Waals surface area contributed by atoms with E-state index in [9.17, 15) is 18.0 Å². The number of sulfonamides is 1. The maximum Gasteiger partial charge on any atom is 0.245 e. The first-order valence-corrected chi connectivity index (χ1v) is 9.76. The van der Waals surface area contributed by atoms with Gasteiger partial charge in [0.15, 0.2) is 5.82 Å². The molecular weight excluding hydrogens is 396 g/mol. The number of carbonyl (C=O) groups is 2. The number of rotatable bonds is 8. The van der Waals surface area contributed by atoms with Gasteiger partial charge in [-0.05, 0) is 25.1 Å². The Kier molecular flexibility index (Phi) is 6.94. The molecule has 0 spiro atoms. The highest BCUT2D eigenvalue weighted by atomic mass is 35.5. The third-order valence-corrected chi connectivity index (χ3v) is 5.13. The zero-order chi connectivity index (χ0) is 20.0. The number of amides is 2. The second-order valence-electron chi connectivity index (χ2n) is 5.73. The minimum Gasteiger partial charge on any atom is -0.360 e. The minimum absolute atomic E-state index is 0.0121. The lowest BCUT2D eigenvalue weighted by Crippen LogP contribution is -2.37. The van der Waals surface area contributed by atoms with Crippen LogP contribution in [-0.2, 0) is 19.6 Å². The molecule has 9 nitrogen and oxygen atoms in total. The van der Waals surface area contributed by atoms with Crippen LogP contribution in [0.4, 0.5) is 5.82 Å². The number of hydrogen-bond acceptors (Lipinski definition) is 6. The van der Waals surface area contributed by atoms with Crippen molar-refractivity contribution in [2.45, 2.75) is 18.2 Å². The average Bonchev–Trinajstić information content (AvgIpc) is 2.99. The van der Waals surface area contributed by atoms with Crippen LogP contribution in [0, 0.1) is 6.92 Å². The molecule has 146 valence electrons. The van der Waals surface area contributed by atoms with Crippen molar-refractivity contribution in [3.8, 4) is 0 Å². The van der Waals surface area contributed by atoms with E-state index in [-0.39, 0.29) is 30.2 Å². The number of nitrogens with one attached hydrogen (secondary N) is 2. The van der Waals surface area contributed by atoms with Crippen LogP contribution in [0.2, 0.25) is 5.02 Å². The zero-order valence-corrected chi connectivity index (χ0v) is 16.3. The Morgan fingerprint density at radius 1 is 1.30 bits per heavy atom. The van der Waals surface area contributed by atoms with Gasteiger partial charge in [-0.2, -0.15) is 0 Å². The molecule has 2 amide bonds. The first-order chi connectivity index (χ1) is 12.7. The quantitative estimate of drug-likeness (QED) is 0.673. The van der Waals surface area contributed by atoms with Crippen molar-refractivity contribution >= 4 is 39.3 Å². The Morgan fingerprint density at radius 3 is 2.67 bits per heavy atom. The normalized spacial score (nSPS) is 11.2. The molecule has 0 saturated carbocycles. The lowest BCUT2D eigenvalue weighted by atomic mass is 10.3. The van der Waals surface area contributed by atoms with Gasteiger partial charge in [0.1, 0.15) is 5.76 Å². The van der Waals surface area contributed by atoms with Crippen LogP contribution in [0.25, 0.3) is 0 Å². The summed E-state index contributed by atoms with van der Waals surface area (Å²) < 4.78 is 31.4. The summed E-state index contributed by atoms with van der Waals surface area (Å²) in [5.74, 6) is -0.0386. The molecule has 0 aliphatic heterocycles. The first kappa shape index (κ1) is 20.9. The molecule has 0 fully saturated rings. The maximum absolute atomic E-state index is 12.1. The summed E-state index contributed by atoms with van der Waals surface area (Å²) >= 11 is 5.78. The van der Waals surface area contributed by atoms with Crippen molar-refractivity contribution in [1.29, 1.82) is 0 Å². The summed E-state index contributed by atoms with van der Waals surface area (Å²) in [6.45, 7) is 1.37. The van der Waals surface area contributed by atoms with E-state index in [0.717, 1.165) is 0 Å². The second kappa shape index (κ2) is 8.98. The van der Waals surface area contributed by atoms with E-state index in [4.69, 9.17) is 16.1 Å². The van der Waals surface area contributed by atoms with Gasteiger partial charge >= 0.3 is 0 Å². The van der Waals surface area contributed by atoms with E-state index in [1.165, 1.54) is 30.1 Å². The van der Waals surface area contributed by atoms with Gasteiger partial charge in [0.05, 0.1) is 11.4 Å². The number of hydrogen-bond donors (Lipinski definition) is 2. The monoisotopic (exact) mass is 414 g/mol. The average molecular weight is 415 g/mol. The molecule has 2 rings (SSSR count). The minimum atomic E-state index is -3.77. The van der Waals surface area contributed by atoms with Crippen LogP contribution in [0.5, 0.6) is 0 Å².